The van der Waals surface area contributed by atoms with Crippen molar-refractivity contribution in [3.8, 4) is 0 Å². The van der Waals surface area contributed by atoms with Gasteiger partial charge < -0.3 is 25.2 Å². The fourth-order valence-corrected chi connectivity index (χ4v) is 3.13. The van der Waals surface area contributed by atoms with E-state index in [0.29, 0.717) is 18.9 Å². The van der Waals surface area contributed by atoms with Gasteiger partial charge in [-0.15, -0.1) is 0 Å². The first-order chi connectivity index (χ1) is 16.7. The predicted octanol–water partition coefficient (Wildman–Crippen LogP) is 5.50. The van der Waals surface area contributed by atoms with Crippen molar-refractivity contribution < 1.29 is 24.2 Å². The Labute approximate surface area is 216 Å². The van der Waals surface area contributed by atoms with Crippen molar-refractivity contribution in [3.63, 3.8) is 0 Å². The average molecular weight is 501 g/mol. The number of nitrogens with one attached hydrogen (secondary N) is 2. The molecule has 3 N–H and O–H groups in total. The molecule has 2 atom stereocenters. The normalized spacial score (nSPS) is 12.9. The first-order valence-corrected chi connectivity index (χ1v) is 12.4. The second kappa shape index (κ2) is 15.1. The maximum Gasteiger partial charge on any atom is 0.407 e. The first-order valence-electron chi connectivity index (χ1n) is 12.4. The molecule has 2 aromatic rings. The van der Waals surface area contributed by atoms with Crippen molar-refractivity contribution in [2.45, 2.75) is 78.6 Å². The molecule has 36 heavy (non-hydrogen) atoms. The van der Waals surface area contributed by atoms with Crippen molar-refractivity contribution in [2.75, 3.05) is 13.1 Å². The van der Waals surface area contributed by atoms with E-state index in [0.717, 1.165) is 12.0 Å². The van der Waals surface area contributed by atoms with Gasteiger partial charge in [0.2, 0.25) is 0 Å². The van der Waals surface area contributed by atoms with Gasteiger partial charge in [-0.2, -0.15) is 0 Å². The van der Waals surface area contributed by atoms with Crippen molar-refractivity contribution in [2.24, 2.45) is 5.92 Å². The Morgan fingerprint density at radius 3 is 1.53 bits per heavy atom. The summed E-state index contributed by atoms with van der Waals surface area (Å²) < 4.78 is 10.3. The minimum atomic E-state index is -0.611. The van der Waals surface area contributed by atoms with Gasteiger partial charge in [0.1, 0.15) is 11.2 Å². The molecule has 0 spiro atoms. The molecule has 0 fully saturated rings. The van der Waals surface area contributed by atoms with E-state index >= 15 is 0 Å². The van der Waals surface area contributed by atoms with E-state index in [1.165, 1.54) is 5.56 Å². The van der Waals surface area contributed by atoms with Crippen LogP contribution in [-0.4, -0.2) is 47.7 Å². The van der Waals surface area contributed by atoms with Gasteiger partial charge in [0.05, 0.1) is 6.10 Å². The molecule has 2 unspecified atom stereocenters. The van der Waals surface area contributed by atoms with Gasteiger partial charge in [-0.05, 0) is 65.0 Å². The van der Waals surface area contributed by atoms with E-state index in [1.54, 1.807) is 20.8 Å². The molecule has 200 valence electrons. The lowest BCUT2D eigenvalue weighted by molar-refractivity contribution is 0.0488. The number of hydrogen-bond acceptors (Lipinski definition) is 5. The molecule has 0 aromatic heterocycles. The Balaban J connectivity index is 0.000000360. The van der Waals surface area contributed by atoms with Crippen molar-refractivity contribution in [1.82, 2.24) is 10.6 Å². The first kappa shape index (κ1) is 31.0. The zero-order valence-electron chi connectivity index (χ0n) is 22.8. The SMILES string of the molecule is CC(C)(C)OC(=O)NCC(O)Cc1ccccc1.CC(CNC(=O)OC(C)(C)C)Cc1ccccc1. The highest BCUT2D eigenvalue weighted by molar-refractivity contribution is 5.68. The number of carbonyl (C=O) groups excluding carboxylic acids is 2. The molecule has 0 aliphatic carbocycles. The zero-order valence-corrected chi connectivity index (χ0v) is 22.8. The Bertz CT molecular complexity index is 814. The summed E-state index contributed by atoms with van der Waals surface area (Å²) in [6.07, 6.45) is 0.00439. The largest absolute Gasteiger partial charge is 0.444 e. The second-order valence-corrected chi connectivity index (χ2v) is 10.9. The summed E-state index contributed by atoms with van der Waals surface area (Å²) in [5.41, 5.74) is 1.37. The summed E-state index contributed by atoms with van der Waals surface area (Å²) >= 11 is 0. The van der Waals surface area contributed by atoms with Crippen LogP contribution in [0.4, 0.5) is 9.59 Å². The van der Waals surface area contributed by atoms with Crippen molar-refractivity contribution >= 4 is 12.2 Å². The van der Waals surface area contributed by atoms with Crippen LogP contribution in [0.3, 0.4) is 0 Å². The minimum absolute atomic E-state index is 0.184. The van der Waals surface area contributed by atoms with Gasteiger partial charge in [-0.3, -0.25) is 0 Å². The molecule has 0 aliphatic heterocycles. The molecular weight excluding hydrogens is 456 g/mol. The van der Waals surface area contributed by atoms with Crippen LogP contribution in [-0.2, 0) is 22.3 Å². The highest BCUT2D eigenvalue weighted by Gasteiger charge is 2.17. The standard InChI is InChI=1S/C15H23NO2.C14H21NO3/c1-12(10-13-8-6-5-7-9-13)11-16-14(17)18-15(2,3)4;1-14(2,3)18-13(17)15-10-12(16)9-11-7-5-4-6-8-11/h5-9,12H,10-11H2,1-4H3,(H,16,17);4-8,12,16H,9-10H2,1-3H3,(H,15,17). The number of hydrogen-bond donors (Lipinski definition) is 3. The topological polar surface area (TPSA) is 96.9 Å². The summed E-state index contributed by atoms with van der Waals surface area (Å²) in [6, 6.07) is 19.9. The van der Waals surface area contributed by atoms with Gasteiger partial charge in [0.15, 0.2) is 0 Å². The third-order valence-electron chi connectivity index (χ3n) is 4.62. The summed E-state index contributed by atoms with van der Waals surface area (Å²) in [4.78, 5) is 22.9. The van der Waals surface area contributed by atoms with E-state index in [-0.39, 0.29) is 12.6 Å². The summed E-state index contributed by atoms with van der Waals surface area (Å²) in [5, 5.41) is 15.1. The van der Waals surface area contributed by atoms with Crippen LogP contribution in [0.1, 0.15) is 59.6 Å². The molecule has 2 aromatic carbocycles. The molecule has 7 nitrogen and oxygen atoms in total. The van der Waals surface area contributed by atoms with Crippen LogP contribution in [0.2, 0.25) is 0 Å². The zero-order chi connectivity index (χ0) is 27.2. The molecule has 0 saturated carbocycles. The molecule has 7 heteroatoms. The second-order valence-electron chi connectivity index (χ2n) is 10.9. The fraction of sp³-hybridized carbons (Fsp3) is 0.517. The minimum Gasteiger partial charge on any atom is -0.444 e. The Morgan fingerprint density at radius 2 is 1.11 bits per heavy atom. The molecule has 0 aliphatic rings. The van der Waals surface area contributed by atoms with Crippen molar-refractivity contribution in [3.05, 3.63) is 71.8 Å². The fourth-order valence-electron chi connectivity index (χ4n) is 3.13. The third kappa shape index (κ3) is 16.5. The number of ether oxygens (including phenoxy) is 2. The maximum atomic E-state index is 11.5. The number of alkyl carbamates (subject to hydrolysis) is 2. The van der Waals surface area contributed by atoms with E-state index in [4.69, 9.17) is 9.47 Å². The molecule has 0 radical (unpaired) electrons. The number of carbonyl (C=O) groups is 2. The molecule has 0 saturated heterocycles. The van der Waals surface area contributed by atoms with Gasteiger partial charge in [-0.1, -0.05) is 67.6 Å². The predicted molar refractivity (Wildman–Crippen MR) is 144 cm³/mol. The molecule has 0 bridgehead atoms. The summed E-state index contributed by atoms with van der Waals surface area (Å²) in [6.45, 7) is 13.9. The molecular formula is C29H44N2O5. The van der Waals surface area contributed by atoms with E-state index < -0.39 is 23.4 Å². The highest BCUT2D eigenvalue weighted by Crippen LogP contribution is 2.09. The van der Waals surface area contributed by atoms with Crippen LogP contribution >= 0.6 is 0 Å². The Morgan fingerprint density at radius 1 is 0.722 bits per heavy atom. The van der Waals surface area contributed by atoms with E-state index in [1.807, 2.05) is 69.3 Å². The van der Waals surface area contributed by atoms with Gasteiger partial charge in [0.25, 0.3) is 0 Å². The van der Waals surface area contributed by atoms with Crippen LogP contribution < -0.4 is 10.6 Å². The van der Waals surface area contributed by atoms with Gasteiger partial charge in [-0.25, -0.2) is 9.59 Å². The van der Waals surface area contributed by atoms with E-state index in [9.17, 15) is 14.7 Å². The van der Waals surface area contributed by atoms with Crippen LogP contribution in [0.25, 0.3) is 0 Å². The van der Waals surface area contributed by atoms with Crippen LogP contribution in [0, 0.1) is 5.92 Å². The number of rotatable bonds is 8. The average Bonchev–Trinajstić information content (AvgIpc) is 2.76. The highest BCUT2D eigenvalue weighted by atomic mass is 16.6. The van der Waals surface area contributed by atoms with Crippen LogP contribution in [0.5, 0.6) is 0 Å². The maximum absolute atomic E-state index is 11.5. The van der Waals surface area contributed by atoms with Gasteiger partial charge >= 0.3 is 12.2 Å². The summed E-state index contributed by atoms with van der Waals surface area (Å²) in [7, 11) is 0. The quantitative estimate of drug-likeness (QED) is 0.444. The summed E-state index contributed by atoms with van der Waals surface area (Å²) in [5.74, 6) is 0.389. The monoisotopic (exact) mass is 500 g/mol. The van der Waals surface area contributed by atoms with Gasteiger partial charge in [0, 0.05) is 19.5 Å². The number of amides is 2. The molecule has 2 amide bonds. The van der Waals surface area contributed by atoms with Crippen LogP contribution in [0.15, 0.2) is 60.7 Å². The number of aliphatic hydroxyl groups excluding tert-OH is 1. The third-order valence-corrected chi connectivity index (χ3v) is 4.62. The lowest BCUT2D eigenvalue weighted by atomic mass is 10.0. The molecule has 0 heterocycles. The lowest BCUT2D eigenvalue weighted by Crippen LogP contribution is -2.37. The Kier molecular flexibility index (Phi) is 13.0. The van der Waals surface area contributed by atoms with E-state index in [2.05, 4.69) is 29.7 Å². The lowest BCUT2D eigenvalue weighted by Gasteiger charge is -2.20. The smallest absolute Gasteiger partial charge is 0.407 e. The number of aliphatic hydroxyl groups is 1. The Hall–Kier alpha value is -3.06. The van der Waals surface area contributed by atoms with Crippen molar-refractivity contribution in [1.29, 1.82) is 0 Å². The number of benzene rings is 2. The molecule has 2 rings (SSSR count).